The monoisotopic (exact) mass is 428 g/mol. The summed E-state index contributed by atoms with van der Waals surface area (Å²) in [6.45, 7) is 2.53. The summed E-state index contributed by atoms with van der Waals surface area (Å²) in [6, 6.07) is 2.92. The summed E-state index contributed by atoms with van der Waals surface area (Å²) in [4.78, 5) is 2.24. The van der Waals surface area contributed by atoms with Crippen molar-refractivity contribution >= 4 is 10.2 Å². The van der Waals surface area contributed by atoms with E-state index < -0.39 is 34.0 Å². The summed E-state index contributed by atoms with van der Waals surface area (Å²) in [7, 11) is -0.357. The van der Waals surface area contributed by atoms with Gasteiger partial charge < -0.3 is 10.5 Å². The molecule has 3 atom stereocenters. The standard InChI is InChI=1S/C19H26F2N4O3S/c1-23(2)29(26,27)25-9-12-7-24(8-13(12)10-25)15-6-18(22)19(28-11-15)16-5-14(20)3-4-17(16)21/h3-5,15,18-19H,6-11,22H2,1-2H3. The summed E-state index contributed by atoms with van der Waals surface area (Å²) < 4.78 is 60.9. The normalized spacial score (nSPS) is 29.1. The van der Waals surface area contributed by atoms with Crippen molar-refractivity contribution in [2.45, 2.75) is 24.6 Å². The molecule has 0 saturated carbocycles. The quantitative estimate of drug-likeness (QED) is 0.720. The van der Waals surface area contributed by atoms with Gasteiger partial charge in [0.15, 0.2) is 0 Å². The fourth-order valence-electron chi connectivity index (χ4n) is 4.38. The van der Waals surface area contributed by atoms with Crippen molar-refractivity contribution in [3.05, 3.63) is 46.5 Å². The maximum absolute atomic E-state index is 14.1. The van der Waals surface area contributed by atoms with E-state index in [-0.39, 0.29) is 11.6 Å². The highest BCUT2D eigenvalue weighted by Gasteiger charge is 2.41. The molecule has 3 aliphatic rings. The Hall–Kier alpha value is -1.43. The summed E-state index contributed by atoms with van der Waals surface area (Å²) in [5, 5.41) is 0. The van der Waals surface area contributed by atoms with Crippen molar-refractivity contribution in [3.63, 3.8) is 0 Å². The first-order chi connectivity index (χ1) is 13.7. The molecule has 1 saturated heterocycles. The molecule has 0 bridgehead atoms. The van der Waals surface area contributed by atoms with E-state index in [4.69, 9.17) is 10.5 Å². The van der Waals surface area contributed by atoms with Crippen LogP contribution in [-0.2, 0) is 14.9 Å². The largest absolute Gasteiger partial charge is 0.370 e. The van der Waals surface area contributed by atoms with Gasteiger partial charge in [-0.25, -0.2) is 8.78 Å². The number of nitrogens with two attached hydrogens (primary N) is 1. The lowest BCUT2D eigenvalue weighted by Gasteiger charge is -2.39. The van der Waals surface area contributed by atoms with Gasteiger partial charge in [0, 0.05) is 57.9 Å². The third-order valence-electron chi connectivity index (χ3n) is 5.99. The van der Waals surface area contributed by atoms with Gasteiger partial charge in [0.1, 0.15) is 17.7 Å². The number of hydrogen-bond acceptors (Lipinski definition) is 5. The first-order valence-corrected chi connectivity index (χ1v) is 11.0. The number of rotatable bonds is 4. The maximum Gasteiger partial charge on any atom is 0.282 e. The van der Waals surface area contributed by atoms with Crippen LogP contribution in [0.4, 0.5) is 8.78 Å². The second-order valence-electron chi connectivity index (χ2n) is 8.14. The topological polar surface area (TPSA) is 79.1 Å². The molecule has 10 heteroatoms. The first kappa shape index (κ1) is 20.8. The van der Waals surface area contributed by atoms with E-state index in [1.54, 1.807) is 0 Å². The minimum absolute atomic E-state index is 0.0578. The number of halogens is 2. The molecule has 3 heterocycles. The Morgan fingerprint density at radius 1 is 1.14 bits per heavy atom. The van der Waals surface area contributed by atoms with Gasteiger partial charge in [-0.2, -0.15) is 17.0 Å². The van der Waals surface area contributed by atoms with E-state index in [0.717, 1.165) is 29.3 Å². The molecular weight excluding hydrogens is 402 g/mol. The van der Waals surface area contributed by atoms with E-state index in [9.17, 15) is 17.2 Å². The van der Waals surface area contributed by atoms with E-state index in [1.807, 2.05) is 0 Å². The van der Waals surface area contributed by atoms with Crippen LogP contribution in [0.25, 0.3) is 0 Å². The van der Waals surface area contributed by atoms with E-state index >= 15 is 0 Å². The molecule has 4 rings (SSSR count). The summed E-state index contributed by atoms with van der Waals surface area (Å²) in [6.07, 6.45) is -0.0777. The molecule has 0 amide bonds. The van der Waals surface area contributed by atoms with Crippen LogP contribution in [0.2, 0.25) is 0 Å². The zero-order valence-corrected chi connectivity index (χ0v) is 17.3. The van der Waals surface area contributed by atoms with Crippen molar-refractivity contribution in [1.29, 1.82) is 0 Å². The third-order valence-corrected chi connectivity index (χ3v) is 7.83. The average Bonchev–Trinajstić information content (AvgIpc) is 3.23. The summed E-state index contributed by atoms with van der Waals surface area (Å²) in [5.41, 5.74) is 8.68. The van der Waals surface area contributed by atoms with Gasteiger partial charge in [-0.15, -0.1) is 0 Å². The van der Waals surface area contributed by atoms with Gasteiger partial charge in [0.2, 0.25) is 0 Å². The smallest absolute Gasteiger partial charge is 0.282 e. The molecular formula is C19H26F2N4O3S. The molecule has 0 radical (unpaired) electrons. The molecule has 1 aromatic rings. The molecule has 2 N–H and O–H groups in total. The number of hydrogen-bond donors (Lipinski definition) is 1. The summed E-state index contributed by atoms with van der Waals surface area (Å²) >= 11 is 0. The van der Waals surface area contributed by atoms with Gasteiger partial charge in [-0.3, -0.25) is 4.90 Å². The van der Waals surface area contributed by atoms with Crippen LogP contribution < -0.4 is 5.73 Å². The van der Waals surface area contributed by atoms with Gasteiger partial charge in [-0.05, 0) is 35.8 Å². The molecule has 0 spiro atoms. The van der Waals surface area contributed by atoms with Gasteiger partial charge in [0.25, 0.3) is 10.2 Å². The molecule has 3 aliphatic heterocycles. The number of ether oxygens (including phenoxy) is 1. The second kappa shape index (κ2) is 7.68. The van der Waals surface area contributed by atoms with Crippen LogP contribution in [0.3, 0.4) is 0 Å². The lowest BCUT2D eigenvalue weighted by Crippen LogP contribution is -2.50. The molecule has 3 unspecified atom stereocenters. The molecule has 160 valence electrons. The van der Waals surface area contributed by atoms with Crippen molar-refractivity contribution in [3.8, 4) is 0 Å². The maximum atomic E-state index is 14.1. The SMILES string of the molecule is CN(C)S(=O)(=O)N1CC2=C(CN(C3COC(c4cc(F)ccc4F)C(N)C3)C2)C1. The number of benzene rings is 1. The predicted octanol–water partition coefficient (Wildman–Crippen LogP) is 0.856. The Kier molecular flexibility index (Phi) is 5.51. The number of nitrogens with zero attached hydrogens (tertiary/aromatic N) is 3. The van der Waals surface area contributed by atoms with Gasteiger partial charge in [-0.1, -0.05) is 0 Å². The van der Waals surface area contributed by atoms with Crippen LogP contribution in [-0.4, -0.2) is 80.9 Å². The molecule has 0 aromatic heterocycles. The van der Waals surface area contributed by atoms with Crippen molar-refractivity contribution in [1.82, 2.24) is 13.5 Å². The minimum atomic E-state index is -3.42. The van der Waals surface area contributed by atoms with E-state index in [2.05, 4.69) is 4.90 Å². The van der Waals surface area contributed by atoms with Crippen LogP contribution in [0.15, 0.2) is 29.3 Å². The highest BCUT2D eigenvalue weighted by molar-refractivity contribution is 7.86. The Bertz CT molecular complexity index is 919. The zero-order valence-electron chi connectivity index (χ0n) is 16.5. The van der Waals surface area contributed by atoms with Crippen LogP contribution in [0, 0.1) is 11.6 Å². The van der Waals surface area contributed by atoms with E-state index in [1.165, 1.54) is 22.7 Å². The van der Waals surface area contributed by atoms with Crippen LogP contribution in [0.1, 0.15) is 18.1 Å². The highest BCUT2D eigenvalue weighted by atomic mass is 32.2. The van der Waals surface area contributed by atoms with E-state index in [0.29, 0.717) is 39.2 Å². The Morgan fingerprint density at radius 2 is 1.79 bits per heavy atom. The second-order valence-corrected chi connectivity index (χ2v) is 10.3. The lowest BCUT2D eigenvalue weighted by molar-refractivity contribution is -0.0468. The van der Waals surface area contributed by atoms with Crippen molar-refractivity contribution in [2.24, 2.45) is 5.73 Å². The molecule has 29 heavy (non-hydrogen) atoms. The zero-order chi connectivity index (χ0) is 20.9. The average molecular weight is 429 g/mol. The molecule has 1 aromatic carbocycles. The Balaban J connectivity index is 1.37. The Morgan fingerprint density at radius 3 is 2.38 bits per heavy atom. The molecule has 1 fully saturated rings. The fraction of sp³-hybridized carbons (Fsp3) is 0.579. The van der Waals surface area contributed by atoms with Gasteiger partial charge >= 0.3 is 0 Å². The Labute approximate surface area is 169 Å². The third kappa shape index (κ3) is 3.85. The van der Waals surface area contributed by atoms with Crippen LogP contribution >= 0.6 is 0 Å². The highest BCUT2D eigenvalue weighted by Crippen LogP contribution is 2.35. The molecule has 7 nitrogen and oxygen atoms in total. The molecule has 0 aliphatic carbocycles. The lowest BCUT2D eigenvalue weighted by atomic mass is 9.93. The van der Waals surface area contributed by atoms with Crippen LogP contribution in [0.5, 0.6) is 0 Å². The predicted molar refractivity (Wildman–Crippen MR) is 104 cm³/mol. The first-order valence-electron chi connectivity index (χ1n) is 9.60. The fourth-order valence-corrected chi connectivity index (χ4v) is 5.48. The van der Waals surface area contributed by atoms with Gasteiger partial charge in [0.05, 0.1) is 6.61 Å². The minimum Gasteiger partial charge on any atom is -0.370 e. The van der Waals surface area contributed by atoms with Crippen molar-refractivity contribution in [2.75, 3.05) is 46.9 Å². The van der Waals surface area contributed by atoms with Crippen molar-refractivity contribution < 1.29 is 21.9 Å². The summed E-state index contributed by atoms with van der Waals surface area (Å²) in [5.74, 6) is -1.04.